The maximum Gasteiger partial charge on any atom is 0.317 e. The molecular weight excluding hydrogens is 258 g/mol. The molecule has 0 aromatic carbocycles. The Morgan fingerprint density at radius 2 is 2.15 bits per heavy atom. The van der Waals surface area contributed by atoms with E-state index in [-0.39, 0.29) is 25.0 Å². The fourth-order valence-corrected chi connectivity index (χ4v) is 3.26. The monoisotopic (exact) mass is 283 g/mol. The predicted molar refractivity (Wildman–Crippen MR) is 75.6 cm³/mol. The van der Waals surface area contributed by atoms with Crippen molar-refractivity contribution in [2.24, 2.45) is 0 Å². The first-order valence-corrected chi connectivity index (χ1v) is 7.61. The Hall–Kier alpha value is -1.30. The number of carbonyl (C=O) groups is 2. The standard InChI is InChI=1S/C14H25N3O3/c1-2-16(9-6-13(18)19)14(20)15-11-5-8-17-7-3-4-12(17)10-11/h11-12H,2-10H2,1H3,(H,15,20)(H,18,19). The van der Waals surface area contributed by atoms with Crippen molar-refractivity contribution in [3.63, 3.8) is 0 Å². The summed E-state index contributed by atoms with van der Waals surface area (Å²) >= 11 is 0. The highest BCUT2D eigenvalue weighted by Gasteiger charge is 2.32. The summed E-state index contributed by atoms with van der Waals surface area (Å²) in [5.41, 5.74) is 0. The fourth-order valence-electron chi connectivity index (χ4n) is 3.26. The largest absolute Gasteiger partial charge is 0.481 e. The van der Waals surface area contributed by atoms with Crippen molar-refractivity contribution in [2.45, 2.75) is 51.1 Å². The summed E-state index contributed by atoms with van der Waals surface area (Å²) in [6.45, 7) is 4.96. The van der Waals surface area contributed by atoms with E-state index < -0.39 is 5.97 Å². The van der Waals surface area contributed by atoms with E-state index in [1.54, 1.807) is 4.90 Å². The molecule has 20 heavy (non-hydrogen) atoms. The van der Waals surface area contributed by atoms with Crippen molar-refractivity contribution >= 4 is 12.0 Å². The second-order valence-corrected chi connectivity index (χ2v) is 5.73. The molecule has 114 valence electrons. The lowest BCUT2D eigenvalue weighted by Gasteiger charge is -2.36. The average molecular weight is 283 g/mol. The van der Waals surface area contributed by atoms with Gasteiger partial charge in [-0.3, -0.25) is 4.79 Å². The van der Waals surface area contributed by atoms with Crippen molar-refractivity contribution < 1.29 is 14.7 Å². The molecule has 0 spiro atoms. The molecule has 0 saturated carbocycles. The van der Waals surface area contributed by atoms with E-state index in [9.17, 15) is 9.59 Å². The number of carboxylic acid groups (broad SMARTS) is 1. The highest BCUT2D eigenvalue weighted by atomic mass is 16.4. The van der Waals surface area contributed by atoms with Gasteiger partial charge in [0.15, 0.2) is 0 Å². The number of carboxylic acids is 1. The third-order valence-electron chi connectivity index (χ3n) is 4.41. The zero-order valence-corrected chi connectivity index (χ0v) is 12.2. The van der Waals surface area contributed by atoms with Gasteiger partial charge in [-0.2, -0.15) is 0 Å². The van der Waals surface area contributed by atoms with Gasteiger partial charge in [0.25, 0.3) is 0 Å². The van der Waals surface area contributed by atoms with Gasteiger partial charge in [0.05, 0.1) is 6.42 Å². The Bertz CT molecular complexity index is 362. The summed E-state index contributed by atoms with van der Waals surface area (Å²) in [7, 11) is 0. The number of fused-ring (bicyclic) bond motifs is 1. The van der Waals surface area contributed by atoms with Crippen molar-refractivity contribution in [2.75, 3.05) is 26.2 Å². The number of hydrogen-bond acceptors (Lipinski definition) is 3. The van der Waals surface area contributed by atoms with Crippen LogP contribution in [-0.4, -0.2) is 65.2 Å². The fraction of sp³-hybridized carbons (Fsp3) is 0.857. The highest BCUT2D eigenvalue weighted by Crippen LogP contribution is 2.26. The van der Waals surface area contributed by atoms with Gasteiger partial charge in [0, 0.05) is 31.7 Å². The van der Waals surface area contributed by atoms with Crippen LogP contribution in [0.2, 0.25) is 0 Å². The zero-order chi connectivity index (χ0) is 14.5. The molecule has 2 atom stereocenters. The summed E-state index contributed by atoms with van der Waals surface area (Å²) < 4.78 is 0. The summed E-state index contributed by atoms with van der Waals surface area (Å²) in [6.07, 6.45) is 4.54. The lowest BCUT2D eigenvalue weighted by molar-refractivity contribution is -0.137. The number of carbonyl (C=O) groups excluding carboxylic acids is 1. The molecule has 2 rings (SSSR count). The molecule has 2 amide bonds. The Kier molecular flexibility index (Phi) is 5.23. The van der Waals surface area contributed by atoms with E-state index in [0.29, 0.717) is 12.6 Å². The number of amides is 2. The van der Waals surface area contributed by atoms with E-state index in [0.717, 1.165) is 19.4 Å². The SMILES string of the molecule is CCN(CCC(=O)O)C(=O)NC1CCN2CCCC2C1. The molecule has 0 bridgehead atoms. The van der Waals surface area contributed by atoms with Gasteiger partial charge in [-0.25, -0.2) is 4.79 Å². The van der Waals surface area contributed by atoms with Gasteiger partial charge in [-0.05, 0) is 39.2 Å². The number of nitrogens with zero attached hydrogens (tertiary/aromatic N) is 2. The molecule has 2 saturated heterocycles. The molecule has 0 aromatic heterocycles. The minimum atomic E-state index is -0.865. The third-order valence-corrected chi connectivity index (χ3v) is 4.41. The van der Waals surface area contributed by atoms with Crippen LogP contribution in [0.15, 0.2) is 0 Å². The molecule has 6 heteroatoms. The van der Waals surface area contributed by atoms with E-state index in [4.69, 9.17) is 5.11 Å². The molecule has 2 heterocycles. The predicted octanol–water partition coefficient (Wildman–Crippen LogP) is 1.12. The maximum absolute atomic E-state index is 12.2. The average Bonchev–Trinajstić information content (AvgIpc) is 2.86. The normalized spacial score (nSPS) is 26.1. The van der Waals surface area contributed by atoms with Crippen LogP contribution in [-0.2, 0) is 4.79 Å². The first-order chi connectivity index (χ1) is 9.60. The van der Waals surface area contributed by atoms with E-state index in [1.807, 2.05) is 6.92 Å². The van der Waals surface area contributed by atoms with Crippen LogP contribution in [0, 0.1) is 0 Å². The van der Waals surface area contributed by atoms with Gasteiger partial charge < -0.3 is 20.2 Å². The Morgan fingerprint density at radius 1 is 1.35 bits per heavy atom. The van der Waals surface area contributed by atoms with Crippen LogP contribution in [0.5, 0.6) is 0 Å². The number of piperidine rings is 1. The van der Waals surface area contributed by atoms with E-state index >= 15 is 0 Å². The molecule has 0 aromatic rings. The van der Waals surface area contributed by atoms with Crippen LogP contribution in [0.1, 0.15) is 39.0 Å². The minimum absolute atomic E-state index is 0.00231. The minimum Gasteiger partial charge on any atom is -0.481 e. The van der Waals surface area contributed by atoms with Crippen molar-refractivity contribution in [1.82, 2.24) is 15.1 Å². The van der Waals surface area contributed by atoms with Crippen molar-refractivity contribution in [1.29, 1.82) is 0 Å². The van der Waals surface area contributed by atoms with E-state index in [1.165, 1.54) is 19.4 Å². The van der Waals surface area contributed by atoms with Crippen LogP contribution in [0.25, 0.3) is 0 Å². The van der Waals surface area contributed by atoms with Gasteiger partial charge in [-0.1, -0.05) is 0 Å². The molecule has 0 aliphatic carbocycles. The van der Waals surface area contributed by atoms with Crippen LogP contribution < -0.4 is 5.32 Å². The number of rotatable bonds is 5. The highest BCUT2D eigenvalue weighted by molar-refractivity contribution is 5.75. The van der Waals surface area contributed by atoms with Crippen molar-refractivity contribution in [3.8, 4) is 0 Å². The zero-order valence-electron chi connectivity index (χ0n) is 12.2. The number of nitrogens with one attached hydrogen (secondary N) is 1. The Labute approximate surface area is 120 Å². The quantitative estimate of drug-likeness (QED) is 0.793. The molecule has 0 radical (unpaired) electrons. The molecular formula is C14H25N3O3. The Morgan fingerprint density at radius 3 is 2.85 bits per heavy atom. The van der Waals surface area contributed by atoms with Gasteiger partial charge in [-0.15, -0.1) is 0 Å². The first-order valence-electron chi connectivity index (χ1n) is 7.61. The third kappa shape index (κ3) is 3.85. The lowest BCUT2D eigenvalue weighted by Crippen LogP contribution is -2.51. The molecule has 2 fully saturated rings. The summed E-state index contributed by atoms with van der Waals surface area (Å²) in [5.74, 6) is -0.865. The molecule has 2 N–H and O–H groups in total. The summed E-state index contributed by atoms with van der Waals surface area (Å²) in [6, 6.07) is 0.745. The summed E-state index contributed by atoms with van der Waals surface area (Å²) in [4.78, 5) is 26.8. The second kappa shape index (κ2) is 6.92. The van der Waals surface area contributed by atoms with Gasteiger partial charge >= 0.3 is 12.0 Å². The maximum atomic E-state index is 12.2. The molecule has 2 unspecified atom stereocenters. The van der Waals surface area contributed by atoms with E-state index in [2.05, 4.69) is 10.2 Å². The lowest BCUT2D eigenvalue weighted by atomic mass is 9.98. The second-order valence-electron chi connectivity index (χ2n) is 5.73. The Balaban J connectivity index is 1.79. The summed E-state index contributed by atoms with van der Waals surface area (Å²) in [5, 5.41) is 11.8. The molecule has 2 aliphatic heterocycles. The number of hydrogen-bond donors (Lipinski definition) is 2. The van der Waals surface area contributed by atoms with Gasteiger partial charge in [0.1, 0.15) is 0 Å². The van der Waals surface area contributed by atoms with Crippen LogP contribution in [0.3, 0.4) is 0 Å². The van der Waals surface area contributed by atoms with Crippen LogP contribution >= 0.6 is 0 Å². The number of urea groups is 1. The smallest absolute Gasteiger partial charge is 0.317 e. The van der Waals surface area contributed by atoms with Crippen molar-refractivity contribution in [3.05, 3.63) is 0 Å². The van der Waals surface area contributed by atoms with Gasteiger partial charge in [0.2, 0.25) is 0 Å². The topological polar surface area (TPSA) is 72.9 Å². The molecule has 6 nitrogen and oxygen atoms in total. The van der Waals surface area contributed by atoms with Crippen LogP contribution in [0.4, 0.5) is 4.79 Å². The molecule has 2 aliphatic rings. The number of aliphatic carboxylic acids is 1. The first kappa shape index (κ1) is 15.1.